The van der Waals surface area contributed by atoms with Crippen LogP contribution in [0, 0.1) is 20.8 Å². The van der Waals surface area contributed by atoms with E-state index < -0.39 is 0 Å². The highest BCUT2D eigenvalue weighted by atomic mass is 16.1. The van der Waals surface area contributed by atoms with Crippen molar-refractivity contribution in [1.29, 1.82) is 0 Å². The number of benzene rings is 2. The molecule has 0 saturated carbocycles. The first-order valence-corrected chi connectivity index (χ1v) is 7.64. The van der Waals surface area contributed by atoms with E-state index in [1.54, 1.807) is 0 Å². The monoisotopic (exact) mass is 303 g/mol. The highest BCUT2D eigenvalue weighted by molar-refractivity contribution is 6.04. The number of H-pyrrole nitrogens is 1. The quantitative estimate of drug-likeness (QED) is 0.581. The summed E-state index contributed by atoms with van der Waals surface area (Å²) in [5.41, 5.74) is 5.66. The van der Waals surface area contributed by atoms with E-state index in [2.05, 4.69) is 42.1 Å². The van der Waals surface area contributed by atoms with Crippen LogP contribution in [0.4, 0.5) is 0 Å². The van der Waals surface area contributed by atoms with E-state index in [0.29, 0.717) is 5.39 Å². The number of aromatic nitrogens is 3. The highest BCUT2D eigenvalue weighted by Crippen LogP contribution is 2.27. The maximum absolute atomic E-state index is 12.5. The number of aromatic amines is 1. The SMILES string of the molecule is Cc1ccc(C)c(-n2nc(C)c3c(=O)[nH]c4ccccc4c32)c1. The molecular weight excluding hydrogens is 286 g/mol. The Balaban J connectivity index is 2.25. The largest absolute Gasteiger partial charge is 0.321 e. The molecule has 0 radical (unpaired) electrons. The molecule has 1 N–H and O–H groups in total. The van der Waals surface area contributed by atoms with Gasteiger partial charge in [0, 0.05) is 5.39 Å². The Labute approximate surface area is 133 Å². The molecule has 4 heteroatoms. The Morgan fingerprint density at radius 3 is 2.65 bits per heavy atom. The molecule has 0 atom stereocenters. The fourth-order valence-electron chi connectivity index (χ4n) is 3.15. The first-order chi connectivity index (χ1) is 11.1. The molecule has 0 saturated heterocycles. The summed E-state index contributed by atoms with van der Waals surface area (Å²) in [6.07, 6.45) is 0. The molecule has 4 rings (SSSR count). The summed E-state index contributed by atoms with van der Waals surface area (Å²) in [5.74, 6) is 0. The summed E-state index contributed by atoms with van der Waals surface area (Å²) in [4.78, 5) is 15.5. The van der Waals surface area contributed by atoms with E-state index in [1.807, 2.05) is 35.9 Å². The van der Waals surface area contributed by atoms with Crippen LogP contribution in [0.5, 0.6) is 0 Å². The van der Waals surface area contributed by atoms with Crippen LogP contribution in [0.3, 0.4) is 0 Å². The molecule has 0 bridgehead atoms. The van der Waals surface area contributed by atoms with Crippen molar-refractivity contribution in [1.82, 2.24) is 14.8 Å². The van der Waals surface area contributed by atoms with Crippen LogP contribution in [-0.4, -0.2) is 14.8 Å². The lowest BCUT2D eigenvalue weighted by Gasteiger charge is -2.10. The minimum absolute atomic E-state index is 0.0900. The summed E-state index contributed by atoms with van der Waals surface area (Å²) in [6.45, 7) is 6.01. The lowest BCUT2D eigenvalue weighted by Crippen LogP contribution is -2.07. The zero-order chi connectivity index (χ0) is 16.1. The summed E-state index contributed by atoms with van der Waals surface area (Å²) in [7, 11) is 0. The van der Waals surface area contributed by atoms with Crippen LogP contribution in [0.1, 0.15) is 16.8 Å². The van der Waals surface area contributed by atoms with Gasteiger partial charge in [0.05, 0.1) is 27.8 Å². The third kappa shape index (κ3) is 1.99. The minimum atomic E-state index is -0.0900. The molecule has 4 aromatic rings. The predicted octanol–water partition coefficient (Wildman–Crippen LogP) is 3.79. The summed E-state index contributed by atoms with van der Waals surface area (Å²) >= 11 is 0. The molecule has 0 unspecified atom stereocenters. The number of hydrogen-bond donors (Lipinski definition) is 1. The van der Waals surface area contributed by atoms with Crippen LogP contribution >= 0.6 is 0 Å². The second kappa shape index (κ2) is 4.81. The average molecular weight is 303 g/mol. The number of hydrogen-bond acceptors (Lipinski definition) is 2. The van der Waals surface area contributed by atoms with Gasteiger partial charge in [-0.2, -0.15) is 5.10 Å². The first kappa shape index (κ1) is 13.8. The van der Waals surface area contributed by atoms with Gasteiger partial charge in [-0.3, -0.25) is 4.79 Å². The molecule has 2 aromatic heterocycles. The number of nitrogens with zero attached hydrogens (tertiary/aromatic N) is 2. The van der Waals surface area contributed by atoms with Gasteiger partial charge in [0.1, 0.15) is 0 Å². The molecule has 2 aromatic carbocycles. The van der Waals surface area contributed by atoms with Crippen LogP contribution in [0.15, 0.2) is 47.3 Å². The Bertz CT molecular complexity index is 1120. The fraction of sp³-hybridized carbons (Fsp3) is 0.158. The van der Waals surface area contributed by atoms with Gasteiger partial charge in [-0.05, 0) is 44.0 Å². The molecule has 0 spiro atoms. The number of pyridine rings is 1. The molecule has 0 fully saturated rings. The van der Waals surface area contributed by atoms with E-state index >= 15 is 0 Å². The number of rotatable bonds is 1. The summed E-state index contributed by atoms with van der Waals surface area (Å²) < 4.78 is 1.91. The van der Waals surface area contributed by atoms with E-state index in [1.165, 1.54) is 5.56 Å². The maximum atomic E-state index is 12.5. The van der Waals surface area contributed by atoms with Crippen molar-refractivity contribution in [3.8, 4) is 5.69 Å². The van der Waals surface area contributed by atoms with E-state index in [0.717, 1.165) is 33.4 Å². The van der Waals surface area contributed by atoms with Crippen LogP contribution in [0.25, 0.3) is 27.5 Å². The van der Waals surface area contributed by atoms with Crippen molar-refractivity contribution in [3.05, 3.63) is 69.6 Å². The molecule has 114 valence electrons. The molecule has 0 amide bonds. The summed E-state index contributed by atoms with van der Waals surface area (Å²) in [5, 5.41) is 6.33. The number of para-hydroxylation sites is 1. The van der Waals surface area contributed by atoms with Gasteiger partial charge in [-0.15, -0.1) is 0 Å². The third-order valence-corrected chi connectivity index (χ3v) is 4.31. The number of aryl methyl sites for hydroxylation is 3. The zero-order valence-corrected chi connectivity index (χ0v) is 13.3. The fourth-order valence-corrected chi connectivity index (χ4v) is 3.15. The lowest BCUT2D eigenvalue weighted by molar-refractivity contribution is 0.882. The Morgan fingerprint density at radius 2 is 1.83 bits per heavy atom. The van der Waals surface area contributed by atoms with Crippen molar-refractivity contribution in [2.24, 2.45) is 0 Å². The first-order valence-electron chi connectivity index (χ1n) is 7.64. The van der Waals surface area contributed by atoms with Gasteiger partial charge >= 0.3 is 0 Å². The van der Waals surface area contributed by atoms with Crippen molar-refractivity contribution < 1.29 is 0 Å². The molecule has 0 aliphatic carbocycles. The Hall–Kier alpha value is -2.88. The normalized spacial score (nSPS) is 11.4. The van der Waals surface area contributed by atoms with Gasteiger partial charge in [-0.1, -0.05) is 30.3 Å². The predicted molar refractivity (Wildman–Crippen MR) is 93.4 cm³/mol. The molecule has 0 aliphatic heterocycles. The van der Waals surface area contributed by atoms with Crippen molar-refractivity contribution in [2.45, 2.75) is 20.8 Å². The van der Waals surface area contributed by atoms with Gasteiger partial charge in [0.15, 0.2) is 0 Å². The Kier molecular flexibility index (Phi) is 2.88. The molecular formula is C19H17N3O. The second-order valence-corrected chi connectivity index (χ2v) is 6.01. The zero-order valence-electron chi connectivity index (χ0n) is 13.3. The van der Waals surface area contributed by atoms with Crippen molar-refractivity contribution in [3.63, 3.8) is 0 Å². The van der Waals surface area contributed by atoms with Gasteiger partial charge in [0.25, 0.3) is 5.56 Å². The van der Waals surface area contributed by atoms with Crippen LogP contribution in [0.2, 0.25) is 0 Å². The average Bonchev–Trinajstić information content (AvgIpc) is 2.88. The molecule has 23 heavy (non-hydrogen) atoms. The topological polar surface area (TPSA) is 50.7 Å². The molecule has 4 nitrogen and oxygen atoms in total. The van der Waals surface area contributed by atoms with Gasteiger partial charge in [-0.25, -0.2) is 4.68 Å². The van der Waals surface area contributed by atoms with E-state index in [-0.39, 0.29) is 5.56 Å². The lowest BCUT2D eigenvalue weighted by atomic mass is 10.1. The molecule has 2 heterocycles. The van der Waals surface area contributed by atoms with Crippen molar-refractivity contribution in [2.75, 3.05) is 0 Å². The smallest absolute Gasteiger partial charge is 0.259 e. The number of nitrogens with one attached hydrogen (secondary N) is 1. The van der Waals surface area contributed by atoms with Crippen molar-refractivity contribution >= 4 is 21.8 Å². The maximum Gasteiger partial charge on any atom is 0.259 e. The van der Waals surface area contributed by atoms with E-state index in [4.69, 9.17) is 0 Å². The summed E-state index contributed by atoms with van der Waals surface area (Å²) in [6, 6.07) is 14.1. The third-order valence-electron chi connectivity index (χ3n) is 4.31. The minimum Gasteiger partial charge on any atom is -0.321 e. The Morgan fingerprint density at radius 1 is 1.04 bits per heavy atom. The van der Waals surface area contributed by atoms with E-state index in [9.17, 15) is 4.79 Å². The highest BCUT2D eigenvalue weighted by Gasteiger charge is 2.16. The van der Waals surface area contributed by atoms with Gasteiger partial charge < -0.3 is 4.98 Å². The standard InChI is InChI=1S/C19H17N3O/c1-11-8-9-12(2)16(10-11)22-18-14-6-4-5-7-15(14)20-19(23)17(18)13(3)21-22/h4-10H,1-3H3,(H,20,23). The molecule has 0 aliphatic rings. The van der Waals surface area contributed by atoms with Gasteiger partial charge in [0.2, 0.25) is 0 Å². The van der Waals surface area contributed by atoms with Crippen LogP contribution in [-0.2, 0) is 0 Å². The number of fused-ring (bicyclic) bond motifs is 3. The second-order valence-electron chi connectivity index (χ2n) is 6.01. The van der Waals surface area contributed by atoms with Crippen LogP contribution < -0.4 is 5.56 Å².